The van der Waals surface area contributed by atoms with E-state index in [1.165, 1.54) is 19.8 Å². The van der Waals surface area contributed by atoms with Crippen molar-refractivity contribution >= 4 is 29.3 Å². The lowest BCUT2D eigenvalue weighted by Gasteiger charge is -2.49. The Bertz CT molecular complexity index is 872. The molecule has 2 bridgehead atoms. The van der Waals surface area contributed by atoms with Crippen LogP contribution in [-0.4, -0.2) is 41.9 Å². The number of fused-ring (bicyclic) bond motifs is 3. The summed E-state index contributed by atoms with van der Waals surface area (Å²) in [7, 11) is 0. The van der Waals surface area contributed by atoms with Gasteiger partial charge in [0.2, 0.25) is 5.91 Å². The normalized spacial score (nSPS) is 25.4. The predicted molar refractivity (Wildman–Crippen MR) is 116 cm³/mol. The fourth-order valence-electron chi connectivity index (χ4n) is 4.40. The number of anilines is 1. The van der Waals surface area contributed by atoms with Crippen LogP contribution in [0.25, 0.3) is 0 Å². The van der Waals surface area contributed by atoms with Gasteiger partial charge in [0.1, 0.15) is 0 Å². The summed E-state index contributed by atoms with van der Waals surface area (Å²) in [6.07, 6.45) is 2.37. The van der Waals surface area contributed by atoms with Crippen LogP contribution in [0, 0.1) is 5.92 Å². The Labute approximate surface area is 176 Å². The number of piperidine rings is 3. The minimum atomic E-state index is -0.0769. The van der Waals surface area contributed by atoms with Crippen molar-refractivity contribution in [1.29, 1.82) is 0 Å². The average Bonchev–Trinajstić information content (AvgIpc) is 2.72. The van der Waals surface area contributed by atoms with Gasteiger partial charge < -0.3 is 10.6 Å². The molecule has 0 aromatic heterocycles. The summed E-state index contributed by atoms with van der Waals surface area (Å²) in [5.74, 6) is 0.549. The molecule has 2 atom stereocenters. The molecule has 0 radical (unpaired) electrons. The molecule has 2 aromatic rings. The molecule has 3 heterocycles. The molecule has 152 valence electrons. The first-order chi connectivity index (χ1) is 14.0. The highest BCUT2D eigenvalue weighted by atomic mass is 32.2. The average molecular weight is 410 g/mol. The van der Waals surface area contributed by atoms with Gasteiger partial charge in [0.25, 0.3) is 5.91 Å². The summed E-state index contributed by atoms with van der Waals surface area (Å²) >= 11 is 1.63. The fraction of sp³-hybridized carbons (Fsp3) is 0.391. The van der Waals surface area contributed by atoms with Gasteiger partial charge in [0, 0.05) is 40.0 Å². The Hall–Kier alpha value is -2.31. The summed E-state index contributed by atoms with van der Waals surface area (Å²) in [5.41, 5.74) is 1.50. The zero-order valence-corrected chi connectivity index (χ0v) is 17.7. The van der Waals surface area contributed by atoms with Gasteiger partial charge in [-0.3, -0.25) is 14.5 Å². The van der Waals surface area contributed by atoms with Crippen LogP contribution >= 0.6 is 11.8 Å². The summed E-state index contributed by atoms with van der Waals surface area (Å²) in [4.78, 5) is 28.5. The molecule has 5 nitrogen and oxygen atoms in total. The maximum Gasteiger partial charge on any atom is 0.251 e. The van der Waals surface area contributed by atoms with E-state index in [2.05, 4.69) is 22.5 Å². The number of benzene rings is 2. The highest BCUT2D eigenvalue weighted by Crippen LogP contribution is 2.32. The van der Waals surface area contributed by atoms with Crippen LogP contribution in [-0.2, 0) is 4.79 Å². The Morgan fingerprint density at radius 3 is 2.10 bits per heavy atom. The number of amides is 2. The lowest BCUT2D eigenvalue weighted by molar-refractivity contribution is -0.114. The number of carbonyl (C=O) groups is 2. The van der Waals surface area contributed by atoms with Gasteiger partial charge in [-0.1, -0.05) is 11.8 Å². The Balaban J connectivity index is 1.36. The first-order valence-electron chi connectivity index (χ1n) is 10.2. The van der Waals surface area contributed by atoms with Crippen LogP contribution < -0.4 is 10.6 Å². The maximum atomic E-state index is 12.8. The van der Waals surface area contributed by atoms with Crippen LogP contribution in [0.2, 0.25) is 0 Å². The van der Waals surface area contributed by atoms with Crippen molar-refractivity contribution < 1.29 is 9.59 Å². The molecule has 0 saturated carbocycles. The van der Waals surface area contributed by atoms with Gasteiger partial charge in [-0.25, -0.2) is 0 Å². The molecule has 0 aliphatic carbocycles. The third kappa shape index (κ3) is 4.65. The van der Waals surface area contributed by atoms with Gasteiger partial charge in [0.05, 0.1) is 0 Å². The smallest absolute Gasteiger partial charge is 0.251 e. The largest absolute Gasteiger partial charge is 0.347 e. The SMILES string of the molecule is CC(=O)Nc1ccc(Sc2ccc(C(=O)N[C@@H]3C4CCN(CC4)[C@H]3C)cc2)cc1. The summed E-state index contributed by atoms with van der Waals surface area (Å²) in [6, 6.07) is 16.2. The van der Waals surface area contributed by atoms with Gasteiger partial charge in [-0.15, -0.1) is 0 Å². The van der Waals surface area contributed by atoms with E-state index >= 15 is 0 Å². The van der Waals surface area contributed by atoms with E-state index in [1.54, 1.807) is 11.8 Å². The van der Waals surface area contributed by atoms with Gasteiger partial charge in [-0.05, 0) is 87.3 Å². The monoisotopic (exact) mass is 409 g/mol. The third-order valence-corrected chi connectivity index (χ3v) is 7.02. The minimum absolute atomic E-state index is 0.0202. The van der Waals surface area contributed by atoms with Crippen LogP contribution in [0.4, 0.5) is 5.69 Å². The van der Waals surface area contributed by atoms with E-state index in [0.29, 0.717) is 17.5 Å². The number of carbonyl (C=O) groups excluding carboxylic acids is 2. The lowest BCUT2D eigenvalue weighted by Crippen LogP contribution is -2.62. The fourth-order valence-corrected chi connectivity index (χ4v) is 5.22. The van der Waals surface area contributed by atoms with E-state index in [-0.39, 0.29) is 17.9 Å². The quantitative estimate of drug-likeness (QED) is 0.783. The first kappa shape index (κ1) is 20.0. The number of nitrogens with one attached hydrogen (secondary N) is 2. The Morgan fingerprint density at radius 2 is 1.55 bits per heavy atom. The van der Waals surface area contributed by atoms with Crippen molar-refractivity contribution in [3.63, 3.8) is 0 Å². The lowest BCUT2D eigenvalue weighted by atomic mass is 9.79. The zero-order valence-electron chi connectivity index (χ0n) is 16.9. The highest BCUT2D eigenvalue weighted by molar-refractivity contribution is 7.99. The molecule has 3 fully saturated rings. The molecule has 3 saturated heterocycles. The maximum absolute atomic E-state index is 12.8. The highest BCUT2D eigenvalue weighted by Gasteiger charge is 2.40. The number of rotatable bonds is 5. The second-order valence-electron chi connectivity index (χ2n) is 7.95. The molecule has 0 spiro atoms. The van der Waals surface area contributed by atoms with E-state index in [1.807, 2.05) is 48.5 Å². The molecule has 0 unspecified atom stereocenters. The zero-order chi connectivity index (χ0) is 20.4. The summed E-state index contributed by atoms with van der Waals surface area (Å²) in [5, 5.41) is 6.05. The molecule has 3 aliphatic rings. The summed E-state index contributed by atoms with van der Waals surface area (Å²) in [6.45, 7) is 6.05. The first-order valence-corrected chi connectivity index (χ1v) is 11.0. The summed E-state index contributed by atoms with van der Waals surface area (Å²) < 4.78 is 0. The van der Waals surface area contributed by atoms with Crippen LogP contribution in [0.1, 0.15) is 37.0 Å². The van der Waals surface area contributed by atoms with Crippen molar-refractivity contribution in [2.24, 2.45) is 5.92 Å². The molecule has 5 rings (SSSR count). The second kappa shape index (κ2) is 8.59. The molecule has 29 heavy (non-hydrogen) atoms. The second-order valence-corrected chi connectivity index (χ2v) is 9.09. The van der Waals surface area contributed by atoms with Crippen molar-refractivity contribution in [3.05, 3.63) is 54.1 Å². The van der Waals surface area contributed by atoms with Crippen molar-refractivity contribution in [2.45, 2.75) is 48.6 Å². The third-order valence-electron chi connectivity index (χ3n) is 6.00. The van der Waals surface area contributed by atoms with E-state index in [0.717, 1.165) is 28.6 Å². The standard InChI is InChI=1S/C23H27N3O2S/c1-15-22(17-11-13-26(15)14-12-17)25-23(28)18-3-7-20(8-4-18)29-21-9-5-19(6-10-21)24-16(2)27/h3-10,15,17,22H,11-14H2,1-2H3,(H,24,27)(H,25,28)/t15-,22-/m0/s1. The molecular weight excluding hydrogens is 382 g/mol. The number of nitrogens with zero attached hydrogens (tertiary/aromatic N) is 1. The van der Waals surface area contributed by atoms with Gasteiger partial charge >= 0.3 is 0 Å². The topological polar surface area (TPSA) is 61.4 Å². The number of hydrogen-bond donors (Lipinski definition) is 2. The molecule has 2 N–H and O–H groups in total. The van der Waals surface area contributed by atoms with Gasteiger partial charge in [0.15, 0.2) is 0 Å². The van der Waals surface area contributed by atoms with Crippen molar-refractivity contribution in [3.8, 4) is 0 Å². The van der Waals surface area contributed by atoms with Crippen molar-refractivity contribution in [1.82, 2.24) is 10.2 Å². The number of hydrogen-bond acceptors (Lipinski definition) is 4. The minimum Gasteiger partial charge on any atom is -0.347 e. The van der Waals surface area contributed by atoms with Crippen molar-refractivity contribution in [2.75, 3.05) is 18.4 Å². The molecule has 3 aliphatic heterocycles. The van der Waals surface area contributed by atoms with E-state index in [9.17, 15) is 9.59 Å². The van der Waals surface area contributed by atoms with E-state index in [4.69, 9.17) is 0 Å². The van der Waals surface area contributed by atoms with Gasteiger partial charge in [-0.2, -0.15) is 0 Å². The molecule has 2 amide bonds. The van der Waals surface area contributed by atoms with E-state index < -0.39 is 0 Å². The Morgan fingerprint density at radius 1 is 0.966 bits per heavy atom. The Kier molecular flexibility index (Phi) is 5.92. The van der Waals surface area contributed by atoms with Crippen LogP contribution in [0.5, 0.6) is 0 Å². The van der Waals surface area contributed by atoms with Crippen LogP contribution in [0.3, 0.4) is 0 Å². The molecular formula is C23H27N3O2S. The van der Waals surface area contributed by atoms with Crippen LogP contribution in [0.15, 0.2) is 58.3 Å². The predicted octanol–water partition coefficient (Wildman–Crippen LogP) is 4.01. The molecule has 2 aromatic carbocycles. The molecule has 6 heteroatoms.